The van der Waals surface area contributed by atoms with E-state index in [2.05, 4.69) is 60.6 Å². The van der Waals surface area contributed by atoms with Crippen LogP contribution in [0.15, 0.2) is 122 Å². The minimum Gasteiger partial charge on any atom is -0.333 e. The van der Waals surface area contributed by atoms with E-state index in [9.17, 15) is 0 Å². The van der Waals surface area contributed by atoms with Crippen molar-refractivity contribution in [1.82, 2.24) is 14.2 Å². The zero-order valence-electron chi connectivity index (χ0n) is 21.7. The van der Waals surface area contributed by atoms with E-state index in [4.69, 9.17) is 25.0 Å². The van der Waals surface area contributed by atoms with Crippen molar-refractivity contribution in [3.05, 3.63) is 130 Å². The Morgan fingerprint density at radius 1 is 0.548 bits per heavy atom. The fraction of sp³-hybridized carbons (Fsp3) is 0.0312. The molecule has 0 amide bonds. The number of rotatable bonds is 0. The topological polar surface area (TPSA) is 92.9 Å². The largest absolute Gasteiger partial charge is 0.333 e. The third-order valence-corrected chi connectivity index (χ3v) is 10.2. The second-order valence-corrected chi connectivity index (χ2v) is 12.1. The van der Waals surface area contributed by atoms with Gasteiger partial charge in [0.05, 0.1) is 16.1 Å². The Hall–Kier alpha value is -4.67. The third-order valence-electron chi connectivity index (χ3n) is 7.85. The van der Waals surface area contributed by atoms with Gasteiger partial charge in [-0.15, -0.1) is 0 Å². The van der Waals surface area contributed by atoms with E-state index < -0.39 is 4.57 Å². The highest BCUT2D eigenvalue weighted by molar-refractivity contribution is 9.11. The molecule has 8 nitrogen and oxygen atoms in total. The summed E-state index contributed by atoms with van der Waals surface area (Å²) in [6.45, 7) is 0. The molecule has 200 valence electrons. The van der Waals surface area contributed by atoms with E-state index in [0.29, 0.717) is 40.8 Å². The smallest absolute Gasteiger partial charge is 0.207 e. The summed E-state index contributed by atoms with van der Waals surface area (Å²) in [5.74, 6) is 4.53. The van der Waals surface area contributed by atoms with E-state index in [0.717, 1.165) is 44.2 Å². The molecule has 2 N–H and O–H groups in total. The molecule has 1 atom stereocenters. The zero-order valence-corrected chi connectivity index (χ0v) is 24.8. The van der Waals surface area contributed by atoms with Crippen molar-refractivity contribution in [1.29, 1.82) is 0 Å². The second-order valence-electron chi connectivity index (χ2n) is 10.2. The summed E-state index contributed by atoms with van der Waals surface area (Å²) in [5, 5.41) is 5.52. The van der Waals surface area contributed by atoms with Crippen LogP contribution in [0, 0.1) is 0 Å². The van der Waals surface area contributed by atoms with Gasteiger partial charge in [-0.1, -0.05) is 97.1 Å². The summed E-state index contributed by atoms with van der Waals surface area (Å²) < 4.78 is 1.02. The molecule has 5 aromatic rings. The van der Waals surface area contributed by atoms with Crippen LogP contribution in [0.25, 0.3) is 10.8 Å². The zero-order chi connectivity index (χ0) is 28.0. The molecular formula is C32H18Br2N8. The van der Waals surface area contributed by atoms with Crippen LogP contribution in [0.4, 0.5) is 11.6 Å². The van der Waals surface area contributed by atoms with Crippen molar-refractivity contribution in [2.45, 2.75) is 4.57 Å². The molecule has 42 heavy (non-hydrogen) atoms. The Bertz CT molecular complexity index is 2170. The van der Waals surface area contributed by atoms with Gasteiger partial charge in [-0.05, 0) is 15.9 Å². The first-order valence-corrected chi connectivity index (χ1v) is 14.9. The maximum atomic E-state index is 5.10. The fourth-order valence-corrected chi connectivity index (χ4v) is 7.14. The standard InChI is InChI=1S/C32H18Br2N8/c33-32-24-16-8-7-15-23(24)30(41-32)39-28-20-12-4-3-11-19(20)26(37-28)35-25-17-9-1-2-10-18(17)27(36-25)38-29-21-13-5-6-14-22(21)31(40-29)42(32)34/h1-16,36H,(H,35,37,39,41)/b38-29-. The normalized spacial score (nSPS) is 22.1. The Labute approximate surface area is 256 Å². The molecule has 4 aliphatic heterocycles. The van der Waals surface area contributed by atoms with Gasteiger partial charge in [0.15, 0.2) is 23.3 Å². The number of nitrogens with one attached hydrogen (secondary N) is 2. The average molecular weight is 674 g/mol. The maximum absolute atomic E-state index is 5.10. The lowest BCUT2D eigenvalue weighted by Gasteiger charge is -2.33. The number of aliphatic imine (C=N–C) groups is 5. The molecule has 5 heterocycles. The molecule has 0 spiro atoms. The van der Waals surface area contributed by atoms with Gasteiger partial charge in [0, 0.05) is 44.2 Å². The number of fused-ring (bicyclic) bond motifs is 18. The van der Waals surface area contributed by atoms with Gasteiger partial charge in [0.2, 0.25) is 4.57 Å². The van der Waals surface area contributed by atoms with E-state index >= 15 is 0 Å². The highest BCUT2D eigenvalue weighted by Crippen LogP contribution is 2.44. The number of hydrogen-bond donors (Lipinski definition) is 2. The summed E-state index contributed by atoms with van der Waals surface area (Å²) >= 11 is 7.91. The number of benzene rings is 4. The maximum Gasteiger partial charge on any atom is 0.207 e. The van der Waals surface area contributed by atoms with Gasteiger partial charge < -0.3 is 10.3 Å². The predicted molar refractivity (Wildman–Crippen MR) is 174 cm³/mol. The molecule has 0 fully saturated rings. The molecule has 0 aliphatic carbocycles. The summed E-state index contributed by atoms with van der Waals surface area (Å²) in [7, 11) is 0. The van der Waals surface area contributed by atoms with Crippen LogP contribution in [0.1, 0.15) is 33.4 Å². The number of aromatic nitrogens is 1. The number of aromatic amines is 1. The third kappa shape index (κ3) is 3.30. The predicted octanol–water partition coefficient (Wildman–Crippen LogP) is 7.03. The molecule has 4 aromatic carbocycles. The molecule has 8 bridgehead atoms. The molecule has 0 saturated heterocycles. The average Bonchev–Trinajstić information content (AvgIpc) is 3.75. The summed E-state index contributed by atoms with van der Waals surface area (Å²) in [6, 6.07) is 32.4. The highest BCUT2D eigenvalue weighted by Gasteiger charge is 2.47. The molecule has 1 aromatic heterocycles. The number of alkyl halides is 1. The quantitative estimate of drug-likeness (QED) is 0.105. The lowest BCUT2D eigenvalue weighted by molar-refractivity contribution is 0.446. The van der Waals surface area contributed by atoms with Crippen molar-refractivity contribution in [3.63, 3.8) is 0 Å². The van der Waals surface area contributed by atoms with Crippen LogP contribution < -0.4 is 5.32 Å². The summed E-state index contributed by atoms with van der Waals surface area (Å²) in [5.41, 5.74) is 5.66. The van der Waals surface area contributed by atoms with Crippen molar-refractivity contribution in [2.24, 2.45) is 25.0 Å². The SMILES string of the molecule is BrN1C2=N/C(=N\c3[nH]c(c4ccccc34)/N=C3\N=C(N=C4NC1(Br)c1ccccc14)c1ccccc13)c1ccccc12. The Kier molecular flexibility index (Phi) is 4.95. The van der Waals surface area contributed by atoms with Crippen LogP contribution >= 0.6 is 32.1 Å². The Morgan fingerprint density at radius 3 is 1.71 bits per heavy atom. The van der Waals surface area contributed by atoms with Crippen LogP contribution in [0.5, 0.6) is 0 Å². The van der Waals surface area contributed by atoms with Gasteiger partial charge in [-0.25, -0.2) is 25.0 Å². The molecule has 1 unspecified atom stereocenters. The van der Waals surface area contributed by atoms with E-state index in [1.165, 1.54) is 0 Å². The summed E-state index contributed by atoms with van der Waals surface area (Å²) in [6.07, 6.45) is 0. The van der Waals surface area contributed by atoms with Crippen molar-refractivity contribution in [3.8, 4) is 0 Å². The van der Waals surface area contributed by atoms with E-state index in [-0.39, 0.29) is 0 Å². The molecule has 4 aliphatic rings. The minimum absolute atomic E-state index is 0.589. The molecular weight excluding hydrogens is 656 g/mol. The molecule has 0 radical (unpaired) electrons. The number of nitrogens with zero attached hydrogens (tertiary/aromatic N) is 6. The Morgan fingerprint density at radius 2 is 1.05 bits per heavy atom. The molecule has 0 saturated carbocycles. The number of amidine groups is 5. The molecule has 9 rings (SSSR count). The van der Waals surface area contributed by atoms with Gasteiger partial charge in [0.25, 0.3) is 0 Å². The lowest BCUT2D eigenvalue weighted by Crippen LogP contribution is -2.47. The van der Waals surface area contributed by atoms with Crippen LogP contribution in [-0.2, 0) is 4.57 Å². The lowest BCUT2D eigenvalue weighted by atomic mass is 10.1. The monoisotopic (exact) mass is 672 g/mol. The first-order chi connectivity index (χ1) is 20.6. The van der Waals surface area contributed by atoms with Gasteiger partial charge in [-0.2, -0.15) is 0 Å². The second kappa shape index (κ2) is 8.67. The van der Waals surface area contributed by atoms with Gasteiger partial charge in [-0.3, -0.25) is 3.93 Å². The van der Waals surface area contributed by atoms with Gasteiger partial charge in [0.1, 0.15) is 17.5 Å². The van der Waals surface area contributed by atoms with Crippen molar-refractivity contribution < 1.29 is 0 Å². The fourth-order valence-electron chi connectivity index (χ4n) is 5.89. The van der Waals surface area contributed by atoms with Crippen LogP contribution in [-0.4, -0.2) is 38.1 Å². The van der Waals surface area contributed by atoms with E-state index in [1.807, 2.05) is 82.8 Å². The minimum atomic E-state index is -0.900. The number of halogens is 2. The van der Waals surface area contributed by atoms with E-state index in [1.54, 1.807) is 0 Å². The Balaban J connectivity index is 1.37. The van der Waals surface area contributed by atoms with Crippen LogP contribution in [0.3, 0.4) is 0 Å². The number of hydrogen-bond acceptors (Lipinski definition) is 7. The van der Waals surface area contributed by atoms with Gasteiger partial charge >= 0.3 is 0 Å². The van der Waals surface area contributed by atoms with Crippen molar-refractivity contribution in [2.75, 3.05) is 0 Å². The number of H-pyrrole nitrogens is 1. The highest BCUT2D eigenvalue weighted by atomic mass is 79.9. The summed E-state index contributed by atoms with van der Waals surface area (Å²) in [4.78, 5) is 28.7. The molecule has 10 heteroatoms. The first kappa shape index (κ1) is 24.0. The van der Waals surface area contributed by atoms with Crippen LogP contribution in [0.2, 0.25) is 0 Å². The van der Waals surface area contributed by atoms with Crippen molar-refractivity contribution >= 4 is 83.7 Å². The first-order valence-electron chi connectivity index (χ1n) is 13.4.